The van der Waals surface area contributed by atoms with E-state index in [1.807, 2.05) is 0 Å². The van der Waals surface area contributed by atoms with Crippen molar-refractivity contribution in [1.82, 2.24) is 0 Å². The first-order valence-corrected chi connectivity index (χ1v) is 5.07. The van der Waals surface area contributed by atoms with Crippen LogP contribution in [0.5, 0.6) is 17.2 Å². The molecule has 0 heterocycles. The van der Waals surface area contributed by atoms with Crippen LogP contribution < -0.4 is 14.2 Å². The van der Waals surface area contributed by atoms with Crippen LogP contribution in [0.1, 0.15) is 10.4 Å². The second-order valence-corrected chi connectivity index (χ2v) is 3.66. The molecule has 0 aliphatic carbocycles. The summed E-state index contributed by atoms with van der Waals surface area (Å²) in [5.74, 6) is -0.326. The van der Waals surface area contributed by atoms with Gasteiger partial charge in [-0.15, -0.1) is 0 Å². The molecule has 0 fully saturated rings. The average molecular weight is 291 g/mol. The summed E-state index contributed by atoms with van der Waals surface area (Å²) in [4.78, 5) is 11.1. The van der Waals surface area contributed by atoms with Crippen LogP contribution >= 0.6 is 15.9 Å². The maximum absolute atomic E-state index is 11.1. The topological polar surface area (TPSA) is 65.0 Å². The van der Waals surface area contributed by atoms with Crippen molar-refractivity contribution in [3.63, 3.8) is 0 Å². The largest absolute Gasteiger partial charge is 0.493 e. The van der Waals surface area contributed by atoms with Crippen LogP contribution in [0.15, 0.2) is 10.5 Å². The molecule has 0 radical (unpaired) electrons. The van der Waals surface area contributed by atoms with E-state index in [9.17, 15) is 4.79 Å². The average Bonchev–Trinajstić information content (AvgIpc) is 2.26. The van der Waals surface area contributed by atoms with Gasteiger partial charge in [-0.25, -0.2) is 4.79 Å². The third kappa shape index (κ3) is 2.06. The zero-order valence-electron chi connectivity index (χ0n) is 9.04. The molecule has 0 saturated carbocycles. The first-order chi connectivity index (χ1) is 7.56. The van der Waals surface area contributed by atoms with E-state index in [0.29, 0.717) is 10.2 Å². The second-order valence-electron chi connectivity index (χ2n) is 2.81. The molecule has 1 aromatic rings. The molecule has 0 amide bonds. The molecule has 5 nitrogen and oxygen atoms in total. The summed E-state index contributed by atoms with van der Waals surface area (Å²) in [5.41, 5.74) is 0.000139. The molecule has 1 N–H and O–H groups in total. The fourth-order valence-electron chi connectivity index (χ4n) is 1.33. The molecule has 0 aromatic heterocycles. The van der Waals surface area contributed by atoms with Crippen LogP contribution in [-0.4, -0.2) is 32.4 Å². The third-order valence-corrected chi connectivity index (χ3v) is 2.62. The molecule has 88 valence electrons. The van der Waals surface area contributed by atoms with Crippen LogP contribution in [0.3, 0.4) is 0 Å². The number of carboxylic acid groups (broad SMARTS) is 1. The molecule has 0 bridgehead atoms. The maximum Gasteiger partial charge on any atom is 0.340 e. The van der Waals surface area contributed by atoms with Crippen molar-refractivity contribution in [2.24, 2.45) is 0 Å². The summed E-state index contributed by atoms with van der Waals surface area (Å²) in [5, 5.41) is 9.05. The first-order valence-electron chi connectivity index (χ1n) is 4.28. The van der Waals surface area contributed by atoms with Crippen molar-refractivity contribution >= 4 is 21.9 Å². The summed E-state index contributed by atoms with van der Waals surface area (Å²) in [7, 11) is 4.25. The quantitative estimate of drug-likeness (QED) is 0.921. The van der Waals surface area contributed by atoms with E-state index in [0.717, 1.165) is 0 Å². The first kappa shape index (κ1) is 12.6. The van der Waals surface area contributed by atoms with Crippen LogP contribution in [0.2, 0.25) is 0 Å². The second kappa shape index (κ2) is 5.07. The van der Waals surface area contributed by atoms with E-state index in [4.69, 9.17) is 19.3 Å². The molecule has 0 spiro atoms. The van der Waals surface area contributed by atoms with Crippen molar-refractivity contribution in [3.8, 4) is 17.2 Å². The molecule has 1 aromatic carbocycles. The van der Waals surface area contributed by atoms with E-state index in [-0.39, 0.29) is 17.1 Å². The summed E-state index contributed by atoms with van der Waals surface area (Å²) >= 11 is 3.15. The number of hydrogen-bond donors (Lipinski definition) is 1. The fraction of sp³-hybridized carbons (Fsp3) is 0.300. The zero-order valence-corrected chi connectivity index (χ0v) is 10.6. The molecule has 1 rings (SSSR count). The number of halogens is 1. The summed E-state index contributed by atoms with van der Waals surface area (Å²) < 4.78 is 15.5. The highest BCUT2D eigenvalue weighted by Gasteiger charge is 2.23. The number of hydrogen-bond acceptors (Lipinski definition) is 4. The Morgan fingerprint density at radius 3 is 2.12 bits per heavy atom. The Kier molecular flexibility index (Phi) is 4.00. The van der Waals surface area contributed by atoms with Crippen LogP contribution in [0.4, 0.5) is 0 Å². The van der Waals surface area contributed by atoms with Gasteiger partial charge in [0.05, 0.1) is 21.3 Å². The van der Waals surface area contributed by atoms with Gasteiger partial charge in [0.25, 0.3) is 0 Å². The van der Waals surface area contributed by atoms with Gasteiger partial charge in [0.1, 0.15) is 5.56 Å². The number of rotatable bonds is 4. The highest BCUT2D eigenvalue weighted by atomic mass is 79.9. The Morgan fingerprint density at radius 2 is 1.75 bits per heavy atom. The van der Waals surface area contributed by atoms with Gasteiger partial charge in [0.15, 0.2) is 11.5 Å². The Bertz CT molecular complexity index is 416. The van der Waals surface area contributed by atoms with Gasteiger partial charge in [-0.1, -0.05) is 0 Å². The SMILES string of the molecule is COc1cc(Br)c(C(=O)O)c(OC)c1OC. The van der Waals surface area contributed by atoms with Gasteiger partial charge in [-0.2, -0.15) is 0 Å². The van der Waals surface area contributed by atoms with Gasteiger partial charge < -0.3 is 19.3 Å². The summed E-state index contributed by atoms with van der Waals surface area (Å²) in [6.45, 7) is 0. The van der Waals surface area contributed by atoms with Crippen molar-refractivity contribution in [2.45, 2.75) is 0 Å². The Labute approximate surface area is 101 Å². The standard InChI is InChI=1S/C10H11BrO5/c1-14-6-4-5(11)7(10(12)13)9(16-3)8(6)15-2/h4H,1-3H3,(H,12,13). The van der Waals surface area contributed by atoms with Crippen LogP contribution in [0, 0.1) is 0 Å². The minimum Gasteiger partial charge on any atom is -0.493 e. The highest BCUT2D eigenvalue weighted by Crippen LogP contribution is 2.43. The lowest BCUT2D eigenvalue weighted by Gasteiger charge is -2.15. The molecular weight excluding hydrogens is 280 g/mol. The molecule has 16 heavy (non-hydrogen) atoms. The van der Waals surface area contributed by atoms with Crippen molar-refractivity contribution in [1.29, 1.82) is 0 Å². The van der Waals surface area contributed by atoms with Gasteiger partial charge >= 0.3 is 5.97 Å². The molecule has 0 aliphatic rings. The van der Waals surface area contributed by atoms with Gasteiger partial charge in [-0.3, -0.25) is 0 Å². The minimum atomic E-state index is -1.11. The lowest BCUT2D eigenvalue weighted by Crippen LogP contribution is -2.05. The monoisotopic (exact) mass is 290 g/mol. The molecule has 0 aliphatic heterocycles. The molecule has 0 saturated heterocycles. The number of carbonyl (C=O) groups is 1. The van der Waals surface area contributed by atoms with E-state index in [1.165, 1.54) is 27.4 Å². The van der Waals surface area contributed by atoms with Gasteiger partial charge in [-0.05, 0) is 22.0 Å². The van der Waals surface area contributed by atoms with Crippen molar-refractivity contribution in [3.05, 3.63) is 16.1 Å². The lowest BCUT2D eigenvalue weighted by molar-refractivity contribution is 0.0691. The molecule has 0 unspecified atom stereocenters. The Morgan fingerprint density at radius 1 is 1.19 bits per heavy atom. The zero-order chi connectivity index (χ0) is 12.3. The van der Waals surface area contributed by atoms with Crippen LogP contribution in [-0.2, 0) is 0 Å². The Balaban J connectivity index is 3.57. The maximum atomic E-state index is 11.1. The fourth-order valence-corrected chi connectivity index (χ4v) is 1.88. The molecule has 6 heteroatoms. The Hall–Kier alpha value is -1.43. The van der Waals surface area contributed by atoms with Crippen molar-refractivity contribution in [2.75, 3.05) is 21.3 Å². The lowest BCUT2D eigenvalue weighted by atomic mass is 10.1. The molecule has 0 atom stereocenters. The van der Waals surface area contributed by atoms with E-state index < -0.39 is 5.97 Å². The summed E-state index contributed by atoms with van der Waals surface area (Å²) in [6, 6.07) is 1.52. The van der Waals surface area contributed by atoms with E-state index >= 15 is 0 Å². The predicted molar refractivity (Wildman–Crippen MR) is 60.8 cm³/mol. The van der Waals surface area contributed by atoms with Gasteiger partial charge in [0, 0.05) is 4.47 Å². The highest BCUT2D eigenvalue weighted by molar-refractivity contribution is 9.10. The normalized spacial score (nSPS) is 9.75. The third-order valence-electron chi connectivity index (χ3n) is 2.00. The number of carboxylic acids is 1. The van der Waals surface area contributed by atoms with E-state index in [2.05, 4.69) is 15.9 Å². The number of methoxy groups -OCH3 is 3. The van der Waals surface area contributed by atoms with E-state index in [1.54, 1.807) is 0 Å². The number of aromatic carboxylic acids is 1. The van der Waals surface area contributed by atoms with Crippen LogP contribution in [0.25, 0.3) is 0 Å². The molecular formula is C10H11BrO5. The van der Waals surface area contributed by atoms with Crippen molar-refractivity contribution < 1.29 is 24.1 Å². The smallest absolute Gasteiger partial charge is 0.340 e. The number of ether oxygens (including phenoxy) is 3. The predicted octanol–water partition coefficient (Wildman–Crippen LogP) is 2.17. The van der Waals surface area contributed by atoms with Gasteiger partial charge in [0.2, 0.25) is 5.75 Å². The summed E-state index contributed by atoms with van der Waals surface area (Å²) in [6.07, 6.45) is 0. The minimum absolute atomic E-state index is 0.000139. The number of benzene rings is 1.